The average molecular weight is 228 g/mol. The zero-order chi connectivity index (χ0) is 12.1. The molecule has 2 atom stereocenters. The Hall–Kier alpha value is -0.610. The molecule has 1 fully saturated rings. The molecule has 1 aliphatic rings. The number of piperidine rings is 1. The zero-order valence-corrected chi connectivity index (χ0v) is 10.6. The molecule has 0 radical (unpaired) electrons. The standard InChI is InChI=1S/C12H24N2O2/c1-9(2)13-7-11-5-4-6-14(8-11)10(3)12(15)16/h9-11,13H,4-8H2,1-3H3,(H,15,16). The number of aliphatic carboxylic acids is 1. The third-order valence-electron chi connectivity index (χ3n) is 3.27. The topological polar surface area (TPSA) is 52.6 Å². The molecule has 0 aromatic rings. The molecule has 4 heteroatoms. The second-order valence-electron chi connectivity index (χ2n) is 5.08. The number of carboxylic acids is 1. The van der Waals surface area contributed by atoms with E-state index in [1.165, 1.54) is 6.42 Å². The molecule has 1 heterocycles. The Morgan fingerprint density at radius 2 is 2.19 bits per heavy atom. The largest absolute Gasteiger partial charge is 0.480 e. The van der Waals surface area contributed by atoms with E-state index in [4.69, 9.17) is 5.11 Å². The van der Waals surface area contributed by atoms with Crippen molar-refractivity contribution in [2.75, 3.05) is 19.6 Å². The van der Waals surface area contributed by atoms with Gasteiger partial charge in [-0.3, -0.25) is 9.69 Å². The minimum Gasteiger partial charge on any atom is -0.480 e. The summed E-state index contributed by atoms with van der Waals surface area (Å²) in [4.78, 5) is 13.0. The van der Waals surface area contributed by atoms with Crippen molar-refractivity contribution in [3.8, 4) is 0 Å². The Labute approximate surface area is 98.0 Å². The van der Waals surface area contributed by atoms with Crippen LogP contribution in [0.4, 0.5) is 0 Å². The molecule has 0 bridgehead atoms. The molecule has 2 unspecified atom stereocenters. The summed E-state index contributed by atoms with van der Waals surface area (Å²) >= 11 is 0. The lowest BCUT2D eigenvalue weighted by Crippen LogP contribution is -2.47. The van der Waals surface area contributed by atoms with Crippen molar-refractivity contribution in [3.05, 3.63) is 0 Å². The van der Waals surface area contributed by atoms with Crippen molar-refractivity contribution in [2.24, 2.45) is 5.92 Å². The molecule has 2 N–H and O–H groups in total. The number of carboxylic acid groups (broad SMARTS) is 1. The lowest BCUT2D eigenvalue weighted by molar-refractivity contribution is -0.143. The highest BCUT2D eigenvalue weighted by atomic mass is 16.4. The van der Waals surface area contributed by atoms with E-state index in [1.54, 1.807) is 6.92 Å². The Bertz CT molecular complexity index is 231. The fraction of sp³-hybridized carbons (Fsp3) is 0.917. The number of nitrogens with one attached hydrogen (secondary N) is 1. The second-order valence-corrected chi connectivity index (χ2v) is 5.08. The number of hydrogen-bond donors (Lipinski definition) is 2. The van der Waals surface area contributed by atoms with E-state index < -0.39 is 5.97 Å². The first-order chi connectivity index (χ1) is 7.50. The summed E-state index contributed by atoms with van der Waals surface area (Å²) in [5.74, 6) is -0.115. The highest BCUT2D eigenvalue weighted by Crippen LogP contribution is 2.18. The van der Waals surface area contributed by atoms with Crippen LogP contribution in [0.25, 0.3) is 0 Å². The molecule has 0 saturated carbocycles. The first-order valence-corrected chi connectivity index (χ1v) is 6.21. The molecule has 0 amide bonds. The maximum Gasteiger partial charge on any atom is 0.320 e. The monoisotopic (exact) mass is 228 g/mol. The summed E-state index contributed by atoms with van der Waals surface area (Å²) in [5.41, 5.74) is 0. The summed E-state index contributed by atoms with van der Waals surface area (Å²) in [5, 5.41) is 12.4. The van der Waals surface area contributed by atoms with E-state index in [2.05, 4.69) is 24.1 Å². The van der Waals surface area contributed by atoms with Gasteiger partial charge in [-0.2, -0.15) is 0 Å². The first kappa shape index (κ1) is 13.5. The summed E-state index contributed by atoms with van der Waals surface area (Å²) in [7, 11) is 0. The molecule has 1 aliphatic heterocycles. The van der Waals surface area contributed by atoms with Crippen LogP contribution < -0.4 is 5.32 Å². The van der Waals surface area contributed by atoms with Crippen molar-refractivity contribution in [1.29, 1.82) is 0 Å². The summed E-state index contributed by atoms with van der Waals surface area (Å²) in [6.45, 7) is 8.89. The van der Waals surface area contributed by atoms with E-state index in [9.17, 15) is 4.79 Å². The van der Waals surface area contributed by atoms with Crippen LogP contribution >= 0.6 is 0 Å². The van der Waals surface area contributed by atoms with Crippen LogP contribution in [0.5, 0.6) is 0 Å². The minimum absolute atomic E-state index is 0.346. The lowest BCUT2D eigenvalue weighted by atomic mass is 9.96. The van der Waals surface area contributed by atoms with Crippen molar-refractivity contribution >= 4 is 5.97 Å². The van der Waals surface area contributed by atoms with Crippen LogP contribution in [0.15, 0.2) is 0 Å². The smallest absolute Gasteiger partial charge is 0.320 e. The summed E-state index contributed by atoms with van der Waals surface area (Å²) < 4.78 is 0. The van der Waals surface area contributed by atoms with Gasteiger partial charge < -0.3 is 10.4 Å². The van der Waals surface area contributed by atoms with Crippen molar-refractivity contribution in [2.45, 2.75) is 45.7 Å². The van der Waals surface area contributed by atoms with Gasteiger partial charge in [0.1, 0.15) is 6.04 Å². The summed E-state index contributed by atoms with van der Waals surface area (Å²) in [6, 6.07) is 0.161. The molecule has 0 aromatic heterocycles. The molecule has 0 aromatic carbocycles. The van der Waals surface area contributed by atoms with Crippen molar-refractivity contribution in [3.63, 3.8) is 0 Å². The molecule has 94 valence electrons. The van der Waals surface area contributed by atoms with Gasteiger partial charge in [-0.25, -0.2) is 0 Å². The van der Waals surface area contributed by atoms with Gasteiger partial charge in [0.25, 0.3) is 0 Å². The third-order valence-corrected chi connectivity index (χ3v) is 3.27. The Kier molecular flexibility index (Phi) is 5.22. The van der Waals surface area contributed by atoms with Crippen LogP contribution in [-0.4, -0.2) is 47.7 Å². The zero-order valence-electron chi connectivity index (χ0n) is 10.6. The number of hydrogen-bond acceptors (Lipinski definition) is 3. The third kappa shape index (κ3) is 4.10. The van der Waals surface area contributed by atoms with Gasteiger partial charge in [0.2, 0.25) is 0 Å². The minimum atomic E-state index is -0.711. The van der Waals surface area contributed by atoms with Gasteiger partial charge in [0.15, 0.2) is 0 Å². The van der Waals surface area contributed by atoms with E-state index >= 15 is 0 Å². The van der Waals surface area contributed by atoms with E-state index in [1.807, 2.05) is 0 Å². The molecule has 0 aliphatic carbocycles. The first-order valence-electron chi connectivity index (χ1n) is 6.21. The Balaban J connectivity index is 2.38. The number of nitrogens with zero attached hydrogens (tertiary/aromatic N) is 1. The molecule has 1 rings (SSSR count). The fourth-order valence-electron chi connectivity index (χ4n) is 2.17. The van der Waals surface area contributed by atoms with Crippen LogP contribution in [-0.2, 0) is 4.79 Å². The van der Waals surface area contributed by atoms with Gasteiger partial charge in [-0.05, 0) is 38.8 Å². The van der Waals surface area contributed by atoms with Gasteiger partial charge in [0, 0.05) is 12.6 Å². The van der Waals surface area contributed by atoms with Gasteiger partial charge in [-0.1, -0.05) is 13.8 Å². The van der Waals surface area contributed by atoms with E-state index in [0.29, 0.717) is 12.0 Å². The van der Waals surface area contributed by atoms with Crippen molar-refractivity contribution < 1.29 is 9.90 Å². The number of carbonyl (C=O) groups is 1. The molecule has 16 heavy (non-hydrogen) atoms. The maximum absolute atomic E-state index is 10.9. The van der Waals surface area contributed by atoms with E-state index in [0.717, 1.165) is 26.1 Å². The Morgan fingerprint density at radius 3 is 2.75 bits per heavy atom. The van der Waals surface area contributed by atoms with Crippen LogP contribution in [0, 0.1) is 5.92 Å². The van der Waals surface area contributed by atoms with Gasteiger partial charge in [0.05, 0.1) is 0 Å². The quantitative estimate of drug-likeness (QED) is 0.741. The predicted octanol–water partition coefficient (Wildman–Crippen LogP) is 1.17. The second kappa shape index (κ2) is 6.21. The highest BCUT2D eigenvalue weighted by Gasteiger charge is 2.26. The molecule has 0 spiro atoms. The SMILES string of the molecule is CC(C)NCC1CCCN(C(C)C(=O)O)C1. The number of rotatable bonds is 5. The lowest BCUT2D eigenvalue weighted by Gasteiger charge is -2.35. The van der Waals surface area contributed by atoms with Gasteiger partial charge >= 0.3 is 5.97 Å². The van der Waals surface area contributed by atoms with Gasteiger partial charge in [-0.15, -0.1) is 0 Å². The van der Waals surface area contributed by atoms with Crippen molar-refractivity contribution in [1.82, 2.24) is 10.2 Å². The highest BCUT2D eigenvalue weighted by molar-refractivity contribution is 5.72. The van der Waals surface area contributed by atoms with Crippen LogP contribution in [0.3, 0.4) is 0 Å². The Morgan fingerprint density at radius 1 is 1.50 bits per heavy atom. The van der Waals surface area contributed by atoms with Crippen LogP contribution in [0.2, 0.25) is 0 Å². The molecule has 4 nitrogen and oxygen atoms in total. The normalized spacial score (nSPS) is 24.6. The van der Waals surface area contributed by atoms with E-state index in [-0.39, 0.29) is 6.04 Å². The maximum atomic E-state index is 10.9. The fourth-order valence-corrected chi connectivity index (χ4v) is 2.17. The van der Waals surface area contributed by atoms with Crippen LogP contribution in [0.1, 0.15) is 33.6 Å². The molecular formula is C12H24N2O2. The average Bonchev–Trinajstić information content (AvgIpc) is 2.25. The summed E-state index contributed by atoms with van der Waals surface area (Å²) in [6.07, 6.45) is 2.32. The molecule has 1 saturated heterocycles. The number of likely N-dealkylation sites (tertiary alicyclic amines) is 1. The molecular weight excluding hydrogens is 204 g/mol. The predicted molar refractivity (Wildman–Crippen MR) is 64.5 cm³/mol.